The molecule has 1 heteroatoms. The maximum absolute atomic E-state index is 2.71. The second kappa shape index (κ2) is 11.2. The van der Waals surface area contributed by atoms with Gasteiger partial charge in [0.1, 0.15) is 0 Å². The normalized spacial score (nSPS) is 11.2. The molecule has 0 fully saturated rings. The van der Waals surface area contributed by atoms with E-state index in [0.29, 0.717) is 0 Å². The first kappa shape index (κ1) is 12.2. The van der Waals surface area contributed by atoms with Crippen LogP contribution in [0.3, 0.4) is 0 Å². The molecule has 0 rings (SSSR count). The maximum Gasteiger partial charge on any atom is -0.0200 e. The van der Waals surface area contributed by atoms with E-state index in [2.05, 4.69) is 28.3 Å². The van der Waals surface area contributed by atoms with Crippen LogP contribution in [0.2, 0.25) is 0 Å². The number of hydrogen-bond donors (Lipinski definition) is 0. The number of allylic oxidation sites excluding steroid dienone is 2. The van der Waals surface area contributed by atoms with Crippen LogP contribution in [0.25, 0.3) is 0 Å². The van der Waals surface area contributed by atoms with Gasteiger partial charge in [-0.1, -0.05) is 51.2 Å². The first-order valence-electron chi connectivity index (χ1n) is 5.27. The van der Waals surface area contributed by atoms with Crippen LogP contribution in [0.15, 0.2) is 12.2 Å². The highest BCUT2D eigenvalue weighted by molar-refractivity contribution is 7.16. The Balaban J connectivity index is 2.86. The Morgan fingerprint density at radius 3 is 2.25 bits per heavy atom. The summed E-state index contributed by atoms with van der Waals surface area (Å²) in [5.41, 5.74) is 0. The first-order chi connectivity index (χ1) is 5.91. The van der Waals surface area contributed by atoms with Crippen molar-refractivity contribution in [3.05, 3.63) is 12.2 Å². The molecule has 0 amide bonds. The lowest BCUT2D eigenvalue weighted by atomic mass is 10.1. The van der Waals surface area contributed by atoms with Crippen molar-refractivity contribution in [1.82, 2.24) is 0 Å². The van der Waals surface area contributed by atoms with Gasteiger partial charge < -0.3 is 0 Å². The predicted octanol–water partition coefficient (Wildman–Crippen LogP) is 4.17. The number of hydrogen-bond acceptors (Lipinski definition) is 0. The van der Waals surface area contributed by atoms with Gasteiger partial charge in [0.15, 0.2) is 0 Å². The van der Waals surface area contributed by atoms with E-state index in [0.717, 1.165) is 6.16 Å². The Kier molecular flexibility index (Phi) is 11.3. The van der Waals surface area contributed by atoms with Gasteiger partial charge >= 0.3 is 0 Å². The number of unbranched alkanes of at least 4 members (excludes halogenated alkanes) is 6. The average Bonchev–Trinajstić information content (AvgIpc) is 2.10. The molecule has 0 radical (unpaired) electrons. The zero-order valence-corrected chi connectivity index (χ0v) is 9.54. The molecule has 0 bridgehead atoms. The molecule has 0 saturated heterocycles. The second-order valence-corrected chi connectivity index (χ2v) is 3.73. The SMILES string of the molecule is CCCCCCCC/C=C\CP. The molecule has 0 heterocycles. The topological polar surface area (TPSA) is 0 Å². The summed E-state index contributed by atoms with van der Waals surface area (Å²) in [6.07, 6.45) is 15.4. The van der Waals surface area contributed by atoms with Gasteiger partial charge in [0.05, 0.1) is 0 Å². The summed E-state index contributed by atoms with van der Waals surface area (Å²) >= 11 is 0. The molecular weight excluding hydrogens is 163 g/mol. The van der Waals surface area contributed by atoms with Crippen LogP contribution in [0.4, 0.5) is 0 Å². The fourth-order valence-corrected chi connectivity index (χ4v) is 1.45. The van der Waals surface area contributed by atoms with Crippen molar-refractivity contribution in [3.63, 3.8) is 0 Å². The van der Waals surface area contributed by atoms with Gasteiger partial charge in [-0.25, -0.2) is 0 Å². The van der Waals surface area contributed by atoms with Crippen LogP contribution in [0.5, 0.6) is 0 Å². The summed E-state index contributed by atoms with van der Waals surface area (Å²) in [6, 6.07) is 0. The van der Waals surface area contributed by atoms with Crippen LogP contribution in [0.1, 0.15) is 51.9 Å². The van der Waals surface area contributed by atoms with Gasteiger partial charge in [-0.05, 0) is 19.0 Å². The van der Waals surface area contributed by atoms with Crippen molar-refractivity contribution in [3.8, 4) is 0 Å². The smallest absolute Gasteiger partial charge is 0.0200 e. The van der Waals surface area contributed by atoms with Gasteiger partial charge in [-0.15, -0.1) is 9.24 Å². The Morgan fingerprint density at radius 2 is 1.58 bits per heavy atom. The van der Waals surface area contributed by atoms with E-state index >= 15 is 0 Å². The third kappa shape index (κ3) is 10.2. The summed E-state index contributed by atoms with van der Waals surface area (Å²) in [6.45, 7) is 2.27. The molecule has 1 atom stereocenters. The molecule has 1 unspecified atom stereocenters. The Morgan fingerprint density at radius 1 is 0.917 bits per heavy atom. The highest BCUT2D eigenvalue weighted by Crippen LogP contribution is 2.07. The molecule has 0 nitrogen and oxygen atoms in total. The predicted molar refractivity (Wildman–Crippen MR) is 61.7 cm³/mol. The molecule has 72 valence electrons. The Hall–Kier alpha value is 0.170. The molecule has 0 aromatic rings. The van der Waals surface area contributed by atoms with E-state index in [1.807, 2.05) is 0 Å². The lowest BCUT2D eigenvalue weighted by Gasteiger charge is -1.97. The molecule has 0 saturated carbocycles. The largest absolute Gasteiger partial charge is 0.134 e. The van der Waals surface area contributed by atoms with Crippen molar-refractivity contribution >= 4 is 9.24 Å². The summed E-state index contributed by atoms with van der Waals surface area (Å²) in [7, 11) is 2.71. The van der Waals surface area contributed by atoms with Gasteiger partial charge in [0.25, 0.3) is 0 Å². The van der Waals surface area contributed by atoms with Crippen molar-refractivity contribution in [2.75, 3.05) is 6.16 Å². The van der Waals surface area contributed by atoms with Gasteiger partial charge in [0, 0.05) is 0 Å². The van der Waals surface area contributed by atoms with Gasteiger partial charge in [-0.3, -0.25) is 0 Å². The van der Waals surface area contributed by atoms with Crippen LogP contribution < -0.4 is 0 Å². The Bertz CT molecular complexity index is 97.2. The van der Waals surface area contributed by atoms with Crippen molar-refractivity contribution in [1.29, 1.82) is 0 Å². The maximum atomic E-state index is 2.71. The minimum absolute atomic E-state index is 1.11. The van der Waals surface area contributed by atoms with E-state index in [1.54, 1.807) is 0 Å². The van der Waals surface area contributed by atoms with E-state index in [-0.39, 0.29) is 0 Å². The summed E-state index contributed by atoms with van der Waals surface area (Å²) in [4.78, 5) is 0. The zero-order valence-electron chi connectivity index (χ0n) is 8.39. The summed E-state index contributed by atoms with van der Waals surface area (Å²) < 4.78 is 0. The fraction of sp³-hybridized carbons (Fsp3) is 0.818. The third-order valence-corrected chi connectivity index (χ3v) is 2.30. The van der Waals surface area contributed by atoms with Gasteiger partial charge in [-0.2, -0.15) is 0 Å². The van der Waals surface area contributed by atoms with E-state index < -0.39 is 0 Å². The summed E-state index contributed by atoms with van der Waals surface area (Å²) in [5.74, 6) is 0. The van der Waals surface area contributed by atoms with Crippen LogP contribution in [-0.4, -0.2) is 6.16 Å². The third-order valence-electron chi connectivity index (χ3n) is 2.03. The highest BCUT2D eigenvalue weighted by atomic mass is 31.0. The van der Waals surface area contributed by atoms with Crippen molar-refractivity contribution in [2.45, 2.75) is 51.9 Å². The van der Waals surface area contributed by atoms with Crippen molar-refractivity contribution < 1.29 is 0 Å². The fourth-order valence-electron chi connectivity index (χ4n) is 1.26. The standard InChI is InChI=1S/C11H23P/c1-2-3-4-5-6-7-8-9-10-11-12/h9-10H,2-8,11-12H2,1H3/b10-9-. The van der Waals surface area contributed by atoms with Gasteiger partial charge in [0.2, 0.25) is 0 Å². The van der Waals surface area contributed by atoms with E-state index in [4.69, 9.17) is 0 Å². The quantitative estimate of drug-likeness (QED) is 0.303. The molecule has 12 heavy (non-hydrogen) atoms. The highest BCUT2D eigenvalue weighted by Gasteiger charge is 1.87. The Labute approximate surface area is 80.0 Å². The van der Waals surface area contributed by atoms with Crippen LogP contribution in [-0.2, 0) is 0 Å². The molecule has 0 aliphatic carbocycles. The monoisotopic (exact) mass is 186 g/mol. The minimum Gasteiger partial charge on any atom is -0.134 e. The lowest BCUT2D eigenvalue weighted by molar-refractivity contribution is 0.611. The van der Waals surface area contributed by atoms with E-state index in [9.17, 15) is 0 Å². The molecular formula is C11H23P. The average molecular weight is 186 g/mol. The second-order valence-electron chi connectivity index (χ2n) is 3.26. The van der Waals surface area contributed by atoms with Crippen LogP contribution >= 0.6 is 9.24 Å². The molecule has 0 aromatic carbocycles. The minimum atomic E-state index is 1.11. The zero-order chi connectivity index (χ0) is 9.07. The number of rotatable bonds is 8. The van der Waals surface area contributed by atoms with Crippen molar-refractivity contribution in [2.24, 2.45) is 0 Å². The summed E-state index contributed by atoms with van der Waals surface area (Å²) in [5, 5.41) is 0. The first-order valence-corrected chi connectivity index (χ1v) is 6.08. The molecule has 0 N–H and O–H groups in total. The molecule has 0 aliphatic heterocycles. The lowest BCUT2D eigenvalue weighted by Crippen LogP contribution is -1.77. The van der Waals surface area contributed by atoms with Crippen LogP contribution in [0, 0.1) is 0 Å². The molecule has 0 aliphatic rings. The van der Waals surface area contributed by atoms with E-state index in [1.165, 1.54) is 44.9 Å². The molecule has 0 spiro atoms. The molecule has 0 aromatic heterocycles.